The number of nitrogens with zero attached hydrogens (tertiary/aromatic N) is 4. The molecule has 1 aliphatic heterocycles. The quantitative estimate of drug-likeness (QED) is 0.474. The molecule has 118 valence electrons. The number of aryl methyl sites for hydroxylation is 1. The van der Waals surface area contributed by atoms with Crippen LogP contribution in [0.4, 0.5) is 5.82 Å². The third kappa shape index (κ3) is 2.28. The van der Waals surface area contributed by atoms with Gasteiger partial charge in [0.05, 0.1) is 18.4 Å². The number of fused-ring (bicyclic) bond motifs is 1. The summed E-state index contributed by atoms with van der Waals surface area (Å²) in [6, 6.07) is 0. The summed E-state index contributed by atoms with van der Waals surface area (Å²) in [5, 5.41) is 11.0. The molecule has 0 aromatic carbocycles. The third-order valence-electron chi connectivity index (χ3n) is 4.70. The molecule has 0 N–H and O–H groups in total. The Kier molecular flexibility index (Phi) is 3.67. The molecule has 0 spiro atoms. The minimum absolute atomic E-state index is 0.116. The summed E-state index contributed by atoms with van der Waals surface area (Å²) in [5.41, 5.74) is 0. The number of likely N-dealkylation sites (tertiary alicyclic amines) is 1. The lowest BCUT2D eigenvalue weighted by Crippen LogP contribution is -2.34. The van der Waals surface area contributed by atoms with Gasteiger partial charge in [-0.1, -0.05) is 12.8 Å². The molecule has 8 nitrogen and oxygen atoms in total. The van der Waals surface area contributed by atoms with Gasteiger partial charge in [0.15, 0.2) is 5.82 Å². The number of carbonyl (C=O) groups is 2. The average molecular weight is 306 g/mol. The van der Waals surface area contributed by atoms with Crippen molar-refractivity contribution >= 4 is 17.6 Å². The fourth-order valence-electron chi connectivity index (χ4n) is 3.53. The number of amides is 2. The van der Waals surface area contributed by atoms with Crippen molar-refractivity contribution in [2.45, 2.75) is 39.2 Å². The second-order valence-electron chi connectivity index (χ2n) is 5.90. The first kappa shape index (κ1) is 14.7. The van der Waals surface area contributed by atoms with Gasteiger partial charge in [-0.05, 0) is 17.8 Å². The molecule has 1 saturated heterocycles. The zero-order valence-electron chi connectivity index (χ0n) is 12.4. The number of hydrogen-bond donors (Lipinski definition) is 0. The number of aromatic nitrogens is 2. The highest BCUT2D eigenvalue weighted by atomic mass is 16.6. The molecular weight excluding hydrogens is 288 g/mol. The Labute approximate surface area is 127 Å². The lowest BCUT2D eigenvalue weighted by molar-refractivity contribution is -0.392. The fourth-order valence-corrected chi connectivity index (χ4v) is 3.53. The van der Waals surface area contributed by atoms with Crippen LogP contribution in [-0.2, 0) is 16.1 Å². The van der Waals surface area contributed by atoms with Crippen LogP contribution in [0.2, 0.25) is 0 Å². The Morgan fingerprint density at radius 2 is 1.82 bits per heavy atom. The second kappa shape index (κ2) is 5.51. The Balaban J connectivity index is 1.74. The van der Waals surface area contributed by atoms with Crippen LogP contribution in [0.15, 0.2) is 6.20 Å². The third-order valence-corrected chi connectivity index (χ3v) is 4.70. The molecule has 2 atom stereocenters. The van der Waals surface area contributed by atoms with Crippen LogP contribution < -0.4 is 0 Å². The Morgan fingerprint density at radius 3 is 2.36 bits per heavy atom. The molecule has 1 aromatic rings. The van der Waals surface area contributed by atoms with Gasteiger partial charge in [-0.3, -0.25) is 14.5 Å². The predicted molar refractivity (Wildman–Crippen MR) is 75.8 cm³/mol. The molecule has 1 aliphatic carbocycles. The van der Waals surface area contributed by atoms with Crippen LogP contribution in [-0.4, -0.2) is 37.7 Å². The summed E-state index contributed by atoms with van der Waals surface area (Å²) in [6.45, 7) is 2.04. The van der Waals surface area contributed by atoms with Gasteiger partial charge in [-0.25, -0.2) is 9.55 Å². The van der Waals surface area contributed by atoms with Gasteiger partial charge < -0.3 is 10.1 Å². The maximum atomic E-state index is 12.4. The normalized spacial score (nSPS) is 24.7. The maximum absolute atomic E-state index is 12.4. The summed E-state index contributed by atoms with van der Waals surface area (Å²) in [4.78, 5) is 40.4. The highest BCUT2D eigenvalue weighted by molar-refractivity contribution is 6.05. The SMILES string of the molecule is Cc1ncc([N+](=O)[O-])n1CCN1C(=O)[C@H]2CCCC[C@H]2C1=O. The standard InChI is InChI=1S/C14H18N4O4/c1-9-15-8-12(18(21)22)16(9)6-7-17-13(19)10-4-2-3-5-11(10)14(17)20/h8,10-11H,2-7H2,1H3/t10-,11+. The van der Waals surface area contributed by atoms with Crippen LogP contribution in [0.1, 0.15) is 31.5 Å². The lowest BCUT2D eigenvalue weighted by Gasteiger charge is -2.19. The van der Waals surface area contributed by atoms with Crippen molar-refractivity contribution in [2.75, 3.05) is 6.54 Å². The first-order valence-corrected chi connectivity index (χ1v) is 7.52. The summed E-state index contributed by atoms with van der Waals surface area (Å²) in [5.74, 6) is -0.206. The van der Waals surface area contributed by atoms with Crippen LogP contribution in [0, 0.1) is 28.9 Å². The molecule has 1 aromatic heterocycles. The number of imidazole rings is 1. The van der Waals surface area contributed by atoms with Crippen LogP contribution in [0.3, 0.4) is 0 Å². The first-order chi connectivity index (χ1) is 10.5. The minimum Gasteiger partial charge on any atom is -0.358 e. The number of nitro groups is 1. The molecule has 2 heterocycles. The van der Waals surface area contributed by atoms with E-state index in [1.165, 1.54) is 15.7 Å². The van der Waals surface area contributed by atoms with E-state index in [0.29, 0.717) is 5.82 Å². The topological polar surface area (TPSA) is 98.3 Å². The Hall–Kier alpha value is -2.25. The van der Waals surface area contributed by atoms with E-state index in [1.807, 2.05) is 0 Å². The van der Waals surface area contributed by atoms with Crippen molar-refractivity contribution < 1.29 is 14.5 Å². The molecule has 3 rings (SSSR count). The molecule has 8 heteroatoms. The highest BCUT2D eigenvalue weighted by Gasteiger charge is 2.48. The molecule has 0 radical (unpaired) electrons. The average Bonchev–Trinajstić information content (AvgIpc) is 2.98. The molecule has 0 bridgehead atoms. The maximum Gasteiger partial charge on any atom is 0.342 e. The Morgan fingerprint density at radius 1 is 1.23 bits per heavy atom. The number of hydrogen-bond acceptors (Lipinski definition) is 5. The highest BCUT2D eigenvalue weighted by Crippen LogP contribution is 2.37. The molecule has 2 fully saturated rings. The predicted octanol–water partition coefficient (Wildman–Crippen LogP) is 1.27. The monoisotopic (exact) mass is 306 g/mol. The molecule has 2 aliphatic rings. The number of rotatable bonds is 4. The summed E-state index contributed by atoms with van der Waals surface area (Å²) < 4.78 is 1.43. The largest absolute Gasteiger partial charge is 0.358 e. The smallest absolute Gasteiger partial charge is 0.342 e. The molecule has 22 heavy (non-hydrogen) atoms. The van der Waals surface area contributed by atoms with Crippen LogP contribution in [0.5, 0.6) is 0 Å². The van der Waals surface area contributed by atoms with E-state index in [2.05, 4.69) is 4.98 Å². The van der Waals surface area contributed by atoms with Gasteiger partial charge in [0, 0.05) is 6.92 Å². The van der Waals surface area contributed by atoms with Crippen LogP contribution >= 0.6 is 0 Å². The molecule has 1 saturated carbocycles. The summed E-state index contributed by atoms with van der Waals surface area (Å²) in [6.07, 6.45) is 4.72. The van der Waals surface area contributed by atoms with Gasteiger partial charge in [-0.15, -0.1) is 0 Å². The number of carbonyl (C=O) groups excluding carboxylic acids is 2. The zero-order chi connectivity index (χ0) is 15.9. The van der Waals surface area contributed by atoms with Crippen molar-refractivity contribution in [2.24, 2.45) is 11.8 Å². The van der Waals surface area contributed by atoms with E-state index >= 15 is 0 Å². The molecule has 2 amide bonds. The number of imide groups is 1. The first-order valence-electron chi connectivity index (χ1n) is 7.52. The Bertz CT molecular complexity index is 615. The lowest BCUT2D eigenvalue weighted by atomic mass is 9.81. The minimum atomic E-state index is -0.507. The van der Waals surface area contributed by atoms with E-state index in [0.717, 1.165) is 25.7 Å². The van der Waals surface area contributed by atoms with Gasteiger partial charge in [-0.2, -0.15) is 0 Å². The van der Waals surface area contributed by atoms with E-state index in [-0.39, 0.29) is 42.6 Å². The van der Waals surface area contributed by atoms with E-state index in [9.17, 15) is 19.7 Å². The van der Waals surface area contributed by atoms with Crippen molar-refractivity contribution in [3.63, 3.8) is 0 Å². The summed E-state index contributed by atoms with van der Waals surface area (Å²) >= 11 is 0. The van der Waals surface area contributed by atoms with Crippen molar-refractivity contribution in [3.05, 3.63) is 22.1 Å². The van der Waals surface area contributed by atoms with E-state index < -0.39 is 4.92 Å². The molecular formula is C14H18N4O4. The van der Waals surface area contributed by atoms with Gasteiger partial charge >= 0.3 is 5.82 Å². The summed E-state index contributed by atoms with van der Waals surface area (Å²) in [7, 11) is 0. The second-order valence-corrected chi connectivity index (χ2v) is 5.90. The zero-order valence-corrected chi connectivity index (χ0v) is 12.4. The van der Waals surface area contributed by atoms with E-state index in [1.54, 1.807) is 6.92 Å². The van der Waals surface area contributed by atoms with Crippen molar-refractivity contribution in [1.29, 1.82) is 0 Å². The molecule has 0 unspecified atom stereocenters. The van der Waals surface area contributed by atoms with Crippen molar-refractivity contribution in [1.82, 2.24) is 14.5 Å². The fraction of sp³-hybridized carbons (Fsp3) is 0.643. The van der Waals surface area contributed by atoms with Gasteiger partial charge in [0.1, 0.15) is 12.7 Å². The van der Waals surface area contributed by atoms with Crippen LogP contribution in [0.25, 0.3) is 0 Å². The van der Waals surface area contributed by atoms with E-state index in [4.69, 9.17) is 0 Å². The van der Waals surface area contributed by atoms with Gasteiger partial charge in [0.2, 0.25) is 11.8 Å². The van der Waals surface area contributed by atoms with Crippen molar-refractivity contribution in [3.8, 4) is 0 Å². The van der Waals surface area contributed by atoms with Gasteiger partial charge in [0.25, 0.3) is 0 Å².